The average Bonchev–Trinajstić information content (AvgIpc) is 3.20. The Kier molecular flexibility index (Phi) is 6.46. The molecule has 7 heteroatoms. The SMILES string of the molecule is CCc1ccccc1NC(=O)NCCNc1nc(C)cc(N2CCCC2)n1. The number of para-hydroxylation sites is 1. The molecule has 2 heterocycles. The van der Waals surface area contributed by atoms with Gasteiger partial charge < -0.3 is 20.9 Å². The smallest absolute Gasteiger partial charge is 0.319 e. The minimum absolute atomic E-state index is 0.208. The van der Waals surface area contributed by atoms with Crippen molar-refractivity contribution in [1.29, 1.82) is 0 Å². The lowest BCUT2D eigenvalue weighted by atomic mass is 10.1. The molecule has 1 aromatic heterocycles. The van der Waals surface area contributed by atoms with E-state index in [-0.39, 0.29) is 6.03 Å². The molecule has 1 aliphatic heterocycles. The minimum atomic E-state index is -0.208. The highest BCUT2D eigenvalue weighted by atomic mass is 16.2. The van der Waals surface area contributed by atoms with E-state index in [2.05, 4.69) is 37.7 Å². The van der Waals surface area contributed by atoms with Crippen LogP contribution in [0.15, 0.2) is 30.3 Å². The summed E-state index contributed by atoms with van der Waals surface area (Å²) in [5, 5.41) is 8.96. The maximum atomic E-state index is 12.1. The first-order valence-corrected chi connectivity index (χ1v) is 9.63. The molecule has 144 valence electrons. The summed E-state index contributed by atoms with van der Waals surface area (Å²) in [5.41, 5.74) is 2.91. The van der Waals surface area contributed by atoms with Gasteiger partial charge in [0.25, 0.3) is 0 Å². The normalized spacial score (nSPS) is 13.5. The standard InChI is InChI=1S/C20H28N6O/c1-3-16-8-4-5-9-17(16)24-20(27)22-11-10-21-19-23-15(2)14-18(25-19)26-12-6-7-13-26/h4-5,8-9,14H,3,6-7,10-13H2,1-2H3,(H,21,23,25)(H2,22,24,27). The number of nitrogens with one attached hydrogen (secondary N) is 3. The fourth-order valence-corrected chi connectivity index (χ4v) is 3.21. The molecule has 0 radical (unpaired) electrons. The second-order valence-corrected chi connectivity index (χ2v) is 6.70. The van der Waals surface area contributed by atoms with E-state index >= 15 is 0 Å². The van der Waals surface area contributed by atoms with Crippen LogP contribution in [0.3, 0.4) is 0 Å². The van der Waals surface area contributed by atoms with Gasteiger partial charge in [-0.25, -0.2) is 9.78 Å². The van der Waals surface area contributed by atoms with Crippen LogP contribution >= 0.6 is 0 Å². The van der Waals surface area contributed by atoms with Crippen molar-refractivity contribution in [3.63, 3.8) is 0 Å². The van der Waals surface area contributed by atoms with Gasteiger partial charge in [-0.1, -0.05) is 25.1 Å². The Labute approximate surface area is 160 Å². The van der Waals surface area contributed by atoms with E-state index in [4.69, 9.17) is 0 Å². The van der Waals surface area contributed by atoms with Gasteiger partial charge in [-0.2, -0.15) is 4.98 Å². The highest BCUT2D eigenvalue weighted by molar-refractivity contribution is 5.90. The van der Waals surface area contributed by atoms with Crippen LogP contribution in [-0.4, -0.2) is 42.2 Å². The number of nitrogens with zero attached hydrogens (tertiary/aromatic N) is 3. The summed E-state index contributed by atoms with van der Waals surface area (Å²) in [7, 11) is 0. The average molecular weight is 368 g/mol. The van der Waals surface area contributed by atoms with Crippen LogP contribution in [0.25, 0.3) is 0 Å². The molecule has 2 amide bonds. The first-order chi connectivity index (χ1) is 13.2. The molecule has 0 unspecified atom stereocenters. The molecule has 1 aliphatic rings. The van der Waals surface area contributed by atoms with Crippen molar-refractivity contribution in [2.75, 3.05) is 41.7 Å². The van der Waals surface area contributed by atoms with Gasteiger partial charge in [-0.05, 0) is 37.8 Å². The summed E-state index contributed by atoms with van der Waals surface area (Å²) in [6.07, 6.45) is 3.31. The molecule has 1 saturated heterocycles. The molecular formula is C20H28N6O. The Bertz CT molecular complexity index is 773. The third-order valence-electron chi connectivity index (χ3n) is 4.61. The number of benzene rings is 1. The van der Waals surface area contributed by atoms with Gasteiger partial charge >= 0.3 is 6.03 Å². The van der Waals surface area contributed by atoms with Crippen LogP contribution in [-0.2, 0) is 6.42 Å². The van der Waals surface area contributed by atoms with Crippen molar-refractivity contribution in [3.05, 3.63) is 41.6 Å². The molecule has 0 spiro atoms. The Balaban J connectivity index is 1.46. The summed E-state index contributed by atoms with van der Waals surface area (Å²) in [6.45, 7) is 7.19. The van der Waals surface area contributed by atoms with Gasteiger partial charge in [0.05, 0.1) is 0 Å². The molecule has 0 aliphatic carbocycles. The lowest BCUT2D eigenvalue weighted by Gasteiger charge is -2.17. The number of anilines is 3. The third-order valence-corrected chi connectivity index (χ3v) is 4.61. The van der Waals surface area contributed by atoms with Crippen LogP contribution in [0, 0.1) is 6.92 Å². The van der Waals surface area contributed by atoms with Crippen molar-refractivity contribution < 1.29 is 4.79 Å². The van der Waals surface area contributed by atoms with Crippen LogP contribution < -0.4 is 20.9 Å². The van der Waals surface area contributed by atoms with Crippen molar-refractivity contribution in [2.45, 2.75) is 33.1 Å². The van der Waals surface area contributed by atoms with E-state index in [9.17, 15) is 4.79 Å². The molecule has 0 atom stereocenters. The van der Waals surface area contributed by atoms with Crippen LogP contribution in [0.4, 0.5) is 22.2 Å². The monoisotopic (exact) mass is 368 g/mol. The van der Waals surface area contributed by atoms with Crippen molar-refractivity contribution in [2.24, 2.45) is 0 Å². The lowest BCUT2D eigenvalue weighted by molar-refractivity contribution is 0.252. The number of aryl methyl sites for hydroxylation is 2. The number of aromatic nitrogens is 2. The van der Waals surface area contributed by atoms with E-state index < -0.39 is 0 Å². The van der Waals surface area contributed by atoms with Crippen molar-refractivity contribution in [1.82, 2.24) is 15.3 Å². The molecule has 3 rings (SSSR count). The van der Waals surface area contributed by atoms with E-state index in [0.29, 0.717) is 19.0 Å². The predicted molar refractivity (Wildman–Crippen MR) is 110 cm³/mol. The molecule has 0 bridgehead atoms. The first kappa shape index (κ1) is 18.9. The zero-order valence-corrected chi connectivity index (χ0v) is 16.1. The van der Waals surface area contributed by atoms with Crippen LogP contribution in [0.1, 0.15) is 31.0 Å². The number of urea groups is 1. The highest BCUT2D eigenvalue weighted by Gasteiger charge is 2.15. The maximum Gasteiger partial charge on any atom is 0.319 e. The molecule has 3 N–H and O–H groups in total. The second kappa shape index (κ2) is 9.21. The van der Waals surface area contributed by atoms with Crippen molar-refractivity contribution >= 4 is 23.5 Å². The minimum Gasteiger partial charge on any atom is -0.356 e. The summed E-state index contributed by atoms with van der Waals surface area (Å²) >= 11 is 0. The topological polar surface area (TPSA) is 82.2 Å². The van der Waals surface area contributed by atoms with Crippen molar-refractivity contribution in [3.8, 4) is 0 Å². The number of rotatable bonds is 7. The highest BCUT2D eigenvalue weighted by Crippen LogP contribution is 2.19. The molecule has 27 heavy (non-hydrogen) atoms. The van der Waals surface area contributed by atoms with Gasteiger partial charge in [0.15, 0.2) is 0 Å². The van der Waals surface area contributed by atoms with Gasteiger partial charge in [0.2, 0.25) is 5.95 Å². The largest absolute Gasteiger partial charge is 0.356 e. The maximum absolute atomic E-state index is 12.1. The molecule has 0 saturated carbocycles. The molecule has 2 aromatic rings. The quantitative estimate of drug-likeness (QED) is 0.654. The van der Waals surface area contributed by atoms with E-state index in [1.807, 2.05) is 37.3 Å². The van der Waals surface area contributed by atoms with Crippen LogP contribution in [0.5, 0.6) is 0 Å². The number of carbonyl (C=O) groups is 1. The van der Waals surface area contributed by atoms with Gasteiger partial charge in [-0.3, -0.25) is 0 Å². The van der Waals surface area contributed by atoms with Crippen LogP contribution in [0.2, 0.25) is 0 Å². The predicted octanol–water partition coefficient (Wildman–Crippen LogP) is 3.18. The Morgan fingerprint density at radius 2 is 1.93 bits per heavy atom. The molecule has 1 fully saturated rings. The summed E-state index contributed by atoms with van der Waals surface area (Å²) in [6, 6.07) is 9.64. The number of hydrogen-bond acceptors (Lipinski definition) is 5. The third kappa shape index (κ3) is 5.32. The Morgan fingerprint density at radius 1 is 1.15 bits per heavy atom. The number of carbonyl (C=O) groups excluding carboxylic acids is 1. The van der Waals surface area contributed by atoms with Gasteiger partial charge in [0.1, 0.15) is 5.82 Å². The van der Waals surface area contributed by atoms with E-state index in [1.165, 1.54) is 12.8 Å². The second-order valence-electron chi connectivity index (χ2n) is 6.70. The number of amides is 2. The van der Waals surface area contributed by atoms with Gasteiger partial charge in [-0.15, -0.1) is 0 Å². The lowest BCUT2D eigenvalue weighted by Crippen LogP contribution is -2.33. The summed E-state index contributed by atoms with van der Waals surface area (Å²) in [4.78, 5) is 23.4. The summed E-state index contributed by atoms with van der Waals surface area (Å²) in [5.74, 6) is 1.58. The Hall–Kier alpha value is -2.83. The zero-order chi connectivity index (χ0) is 19.1. The fourth-order valence-electron chi connectivity index (χ4n) is 3.21. The Morgan fingerprint density at radius 3 is 2.70 bits per heavy atom. The fraction of sp³-hybridized carbons (Fsp3) is 0.450. The van der Waals surface area contributed by atoms with Gasteiger partial charge in [0, 0.05) is 43.6 Å². The zero-order valence-electron chi connectivity index (χ0n) is 16.1. The molecule has 1 aromatic carbocycles. The number of hydrogen-bond donors (Lipinski definition) is 3. The summed E-state index contributed by atoms with van der Waals surface area (Å²) < 4.78 is 0. The van der Waals surface area contributed by atoms with E-state index in [1.54, 1.807) is 0 Å². The first-order valence-electron chi connectivity index (χ1n) is 9.63. The molecule has 7 nitrogen and oxygen atoms in total. The molecular weight excluding hydrogens is 340 g/mol. The van der Waals surface area contributed by atoms with E-state index in [0.717, 1.165) is 42.3 Å².